The summed E-state index contributed by atoms with van der Waals surface area (Å²) in [6.07, 6.45) is 2.28. The molecule has 0 aliphatic rings. The lowest BCUT2D eigenvalue weighted by atomic mass is 10.2. The molecule has 2 rings (SSSR count). The number of esters is 1. The van der Waals surface area contributed by atoms with Crippen LogP contribution in [0.4, 0.5) is 10.1 Å². The van der Waals surface area contributed by atoms with Crippen LogP contribution in [0.1, 0.15) is 43.5 Å². The van der Waals surface area contributed by atoms with Crippen molar-refractivity contribution in [3.63, 3.8) is 0 Å². The van der Waals surface area contributed by atoms with E-state index in [9.17, 15) is 14.0 Å². The number of amides is 1. The van der Waals surface area contributed by atoms with E-state index in [4.69, 9.17) is 16.3 Å². The van der Waals surface area contributed by atoms with E-state index in [-0.39, 0.29) is 16.7 Å². The summed E-state index contributed by atoms with van der Waals surface area (Å²) >= 11 is 7.36. The summed E-state index contributed by atoms with van der Waals surface area (Å²) in [7, 11) is 0. The molecule has 4 nitrogen and oxygen atoms in total. The van der Waals surface area contributed by atoms with E-state index in [0.29, 0.717) is 23.5 Å². The fourth-order valence-electron chi connectivity index (χ4n) is 2.36. The third-order valence-corrected chi connectivity index (χ3v) is 5.78. The van der Waals surface area contributed by atoms with Gasteiger partial charge in [0.05, 0.1) is 17.3 Å². The second-order valence-electron chi connectivity index (χ2n) is 6.12. The Hall–Kier alpha value is -2.05. The van der Waals surface area contributed by atoms with Crippen molar-refractivity contribution in [3.05, 3.63) is 58.9 Å². The van der Waals surface area contributed by atoms with Gasteiger partial charge in [0.25, 0.3) is 5.91 Å². The van der Waals surface area contributed by atoms with Crippen LogP contribution in [0.5, 0.6) is 0 Å². The number of thioether (sulfide) groups is 1. The van der Waals surface area contributed by atoms with Gasteiger partial charge in [0, 0.05) is 10.5 Å². The summed E-state index contributed by atoms with van der Waals surface area (Å²) in [6.45, 7) is 4.26. The first-order valence-electron chi connectivity index (χ1n) is 9.15. The third-order valence-electron chi connectivity index (χ3n) is 3.95. The number of nitrogens with one attached hydrogen (secondary N) is 1. The number of unbranched alkanes of at least 4 members (excludes halogenated alkanes) is 1. The maximum atomic E-state index is 14.3. The van der Waals surface area contributed by atoms with Crippen LogP contribution >= 0.6 is 23.4 Å². The molecule has 2 aromatic rings. The van der Waals surface area contributed by atoms with Crippen molar-refractivity contribution >= 4 is 40.9 Å². The summed E-state index contributed by atoms with van der Waals surface area (Å²) in [5.74, 6) is -1.39. The molecule has 1 unspecified atom stereocenters. The van der Waals surface area contributed by atoms with Crippen LogP contribution in [0.2, 0.25) is 5.02 Å². The quantitative estimate of drug-likeness (QED) is 0.308. The van der Waals surface area contributed by atoms with Crippen LogP contribution in [0.25, 0.3) is 0 Å². The monoisotopic (exact) mass is 423 g/mol. The molecule has 0 saturated heterocycles. The molecule has 0 aliphatic carbocycles. The number of anilines is 1. The second kappa shape index (κ2) is 11.1. The molecule has 1 amide bonds. The Balaban J connectivity index is 2.15. The lowest BCUT2D eigenvalue weighted by Crippen LogP contribution is -2.20. The van der Waals surface area contributed by atoms with Crippen molar-refractivity contribution in [3.8, 4) is 0 Å². The smallest absolute Gasteiger partial charge is 0.319 e. The Morgan fingerprint density at radius 3 is 2.57 bits per heavy atom. The number of hydrogen-bond acceptors (Lipinski definition) is 4. The van der Waals surface area contributed by atoms with Crippen molar-refractivity contribution in [2.45, 2.75) is 43.3 Å². The molecular formula is C21H23ClFNO3S. The van der Waals surface area contributed by atoms with E-state index in [1.165, 1.54) is 17.8 Å². The molecule has 0 fully saturated rings. The van der Waals surface area contributed by atoms with Gasteiger partial charge >= 0.3 is 5.97 Å². The lowest BCUT2D eigenvalue weighted by Gasteiger charge is -2.16. The first-order chi connectivity index (χ1) is 13.5. The van der Waals surface area contributed by atoms with Crippen LogP contribution in [0.15, 0.2) is 47.4 Å². The molecule has 0 aromatic heterocycles. The molecule has 150 valence electrons. The maximum absolute atomic E-state index is 14.3. The van der Waals surface area contributed by atoms with Gasteiger partial charge in [-0.25, -0.2) is 4.39 Å². The Morgan fingerprint density at radius 1 is 1.21 bits per heavy atom. The number of carbonyl (C=O) groups is 2. The normalized spacial score (nSPS) is 11.7. The molecule has 0 radical (unpaired) electrons. The highest BCUT2D eigenvalue weighted by molar-refractivity contribution is 8.00. The molecule has 0 aliphatic heterocycles. The third kappa shape index (κ3) is 6.24. The van der Waals surface area contributed by atoms with Gasteiger partial charge in [-0.3, -0.25) is 9.59 Å². The van der Waals surface area contributed by atoms with Crippen LogP contribution in [-0.2, 0) is 9.53 Å². The number of benzene rings is 2. The molecule has 1 atom stereocenters. The standard InChI is InChI=1S/C21H23ClFNO3S/c1-3-5-11-27-21(26)18(4-2)28-19-13-17(16(23)12-15(19)22)24-20(25)14-9-7-6-8-10-14/h6-10,12-13,18H,3-5,11H2,1-2H3,(H,24,25). The Kier molecular flexibility index (Phi) is 8.80. The molecule has 0 bridgehead atoms. The predicted molar refractivity (Wildman–Crippen MR) is 112 cm³/mol. The number of carbonyl (C=O) groups excluding carboxylic acids is 2. The highest BCUT2D eigenvalue weighted by Gasteiger charge is 2.22. The maximum Gasteiger partial charge on any atom is 0.319 e. The van der Waals surface area contributed by atoms with Crippen molar-refractivity contribution in [1.82, 2.24) is 0 Å². The molecule has 7 heteroatoms. The first kappa shape index (κ1) is 22.2. The SMILES string of the molecule is CCCCOC(=O)C(CC)Sc1cc(NC(=O)c2ccccc2)c(F)cc1Cl. The van der Waals surface area contributed by atoms with Crippen molar-refractivity contribution in [2.75, 3.05) is 11.9 Å². The van der Waals surface area contributed by atoms with Gasteiger partial charge in [0.1, 0.15) is 11.1 Å². The second-order valence-corrected chi connectivity index (χ2v) is 7.77. The minimum atomic E-state index is -0.641. The van der Waals surface area contributed by atoms with E-state index < -0.39 is 17.0 Å². The van der Waals surface area contributed by atoms with Crippen molar-refractivity contribution < 1.29 is 18.7 Å². The molecule has 0 spiro atoms. The van der Waals surface area contributed by atoms with Gasteiger partial charge in [-0.15, -0.1) is 11.8 Å². The summed E-state index contributed by atoms with van der Waals surface area (Å²) in [5.41, 5.74) is 0.423. The van der Waals surface area contributed by atoms with Gasteiger partial charge in [-0.1, -0.05) is 50.1 Å². The zero-order chi connectivity index (χ0) is 20.5. The Labute approximate surface area is 173 Å². The molecular weight excluding hydrogens is 401 g/mol. The number of ether oxygens (including phenoxy) is 1. The van der Waals surface area contributed by atoms with E-state index in [0.717, 1.165) is 18.9 Å². The summed E-state index contributed by atoms with van der Waals surface area (Å²) in [4.78, 5) is 25.1. The van der Waals surface area contributed by atoms with Gasteiger partial charge < -0.3 is 10.1 Å². The average Bonchev–Trinajstić information content (AvgIpc) is 2.69. The minimum absolute atomic E-state index is 0.00922. The highest BCUT2D eigenvalue weighted by atomic mass is 35.5. The van der Waals surface area contributed by atoms with E-state index >= 15 is 0 Å². The number of rotatable bonds is 9. The van der Waals surface area contributed by atoms with Crippen LogP contribution < -0.4 is 5.32 Å². The first-order valence-corrected chi connectivity index (χ1v) is 10.4. The Morgan fingerprint density at radius 2 is 1.93 bits per heavy atom. The van der Waals surface area contributed by atoms with Gasteiger partial charge in [0.2, 0.25) is 0 Å². The van der Waals surface area contributed by atoms with Gasteiger partial charge in [-0.05, 0) is 37.1 Å². The molecule has 0 heterocycles. The van der Waals surface area contributed by atoms with Crippen LogP contribution in [0.3, 0.4) is 0 Å². The Bertz CT molecular complexity index is 817. The molecule has 28 heavy (non-hydrogen) atoms. The average molecular weight is 424 g/mol. The van der Waals surface area contributed by atoms with E-state index in [1.807, 2.05) is 13.8 Å². The number of hydrogen-bond donors (Lipinski definition) is 1. The fourth-order valence-corrected chi connectivity index (χ4v) is 3.64. The minimum Gasteiger partial charge on any atom is -0.465 e. The zero-order valence-corrected chi connectivity index (χ0v) is 17.4. The summed E-state index contributed by atoms with van der Waals surface area (Å²) in [5, 5.41) is 2.27. The number of halogens is 2. The van der Waals surface area contributed by atoms with Gasteiger partial charge in [0.15, 0.2) is 0 Å². The summed E-state index contributed by atoms with van der Waals surface area (Å²) in [6, 6.07) is 11.1. The molecule has 2 aromatic carbocycles. The summed E-state index contributed by atoms with van der Waals surface area (Å²) < 4.78 is 19.6. The molecule has 1 N–H and O–H groups in total. The van der Waals surface area contributed by atoms with Crippen LogP contribution in [-0.4, -0.2) is 23.7 Å². The van der Waals surface area contributed by atoms with E-state index in [2.05, 4.69) is 5.32 Å². The largest absolute Gasteiger partial charge is 0.465 e. The van der Waals surface area contributed by atoms with Crippen molar-refractivity contribution in [2.24, 2.45) is 0 Å². The van der Waals surface area contributed by atoms with Gasteiger partial charge in [-0.2, -0.15) is 0 Å². The van der Waals surface area contributed by atoms with Crippen molar-refractivity contribution in [1.29, 1.82) is 0 Å². The highest BCUT2D eigenvalue weighted by Crippen LogP contribution is 2.36. The predicted octanol–water partition coefficient (Wildman–Crippen LogP) is 5.95. The van der Waals surface area contributed by atoms with E-state index in [1.54, 1.807) is 30.3 Å². The zero-order valence-electron chi connectivity index (χ0n) is 15.8. The lowest BCUT2D eigenvalue weighted by molar-refractivity contribution is -0.143. The van der Waals surface area contributed by atoms with Crippen LogP contribution in [0, 0.1) is 5.82 Å². The fraction of sp³-hybridized carbons (Fsp3) is 0.333. The molecule has 0 saturated carbocycles. The topological polar surface area (TPSA) is 55.4 Å².